The summed E-state index contributed by atoms with van der Waals surface area (Å²) in [6, 6.07) is 0. The summed E-state index contributed by atoms with van der Waals surface area (Å²) in [5, 5.41) is 8.16. The van der Waals surface area contributed by atoms with Crippen LogP contribution in [0.4, 0.5) is 0 Å². The van der Waals surface area contributed by atoms with Gasteiger partial charge in [-0.15, -0.1) is 0 Å². The predicted molar refractivity (Wildman–Crippen MR) is 39.7 cm³/mol. The summed E-state index contributed by atoms with van der Waals surface area (Å²) in [5.74, 6) is -0.0201. The van der Waals surface area contributed by atoms with Gasteiger partial charge in [0.2, 0.25) is 0 Å². The van der Waals surface area contributed by atoms with Crippen LogP contribution < -0.4 is 10.5 Å². The van der Waals surface area contributed by atoms with E-state index in [1.165, 1.54) is 11.3 Å². The molecule has 1 heterocycles. The maximum absolute atomic E-state index is 6.99. The topological polar surface area (TPSA) is 72.0 Å². The van der Waals surface area contributed by atoms with E-state index in [9.17, 15) is 0 Å². The summed E-state index contributed by atoms with van der Waals surface area (Å²) in [5.41, 5.74) is 5.16. The molecule has 0 amide bonds. The van der Waals surface area contributed by atoms with Crippen LogP contribution in [-0.4, -0.2) is 17.9 Å². The molecule has 1 aromatic heterocycles. The van der Waals surface area contributed by atoms with Gasteiger partial charge in [0.05, 0.1) is 13.3 Å². The van der Waals surface area contributed by atoms with Gasteiger partial charge in [0.25, 0.3) is 0 Å². The fraction of sp³-hybridized carbons (Fsp3) is 0.200. The molecule has 0 bridgehead atoms. The van der Waals surface area contributed by atoms with Gasteiger partial charge in [-0.2, -0.15) is 0 Å². The van der Waals surface area contributed by atoms with Crippen LogP contribution in [-0.2, 0) is 0 Å². The van der Waals surface area contributed by atoms with E-state index in [0.717, 1.165) is 0 Å². The Morgan fingerprint density at radius 2 is 2.60 bits per heavy atom. The summed E-state index contributed by atoms with van der Waals surface area (Å²) in [7, 11) is 1.55. The first kappa shape index (κ1) is 7.01. The van der Waals surface area contributed by atoms with Gasteiger partial charge in [-0.3, -0.25) is 5.41 Å². The van der Waals surface area contributed by atoms with E-state index >= 15 is 0 Å². The van der Waals surface area contributed by atoms with E-state index in [1.807, 2.05) is 0 Å². The van der Waals surface area contributed by atoms with Crippen molar-refractivity contribution in [1.82, 2.24) is 4.98 Å². The maximum atomic E-state index is 6.99. The van der Waals surface area contributed by atoms with Crippen molar-refractivity contribution in [3.05, 3.63) is 11.2 Å². The third-order valence-electron chi connectivity index (χ3n) is 0.916. The molecule has 0 fully saturated rings. The number of ether oxygens (including phenoxy) is 1. The van der Waals surface area contributed by atoms with Crippen molar-refractivity contribution in [1.29, 1.82) is 5.41 Å². The zero-order valence-corrected chi connectivity index (χ0v) is 6.23. The van der Waals surface area contributed by atoms with Crippen molar-refractivity contribution in [2.45, 2.75) is 0 Å². The second kappa shape index (κ2) is 2.66. The Morgan fingerprint density at radius 3 is 2.90 bits per heavy atom. The lowest BCUT2D eigenvalue weighted by Gasteiger charge is -1.87. The van der Waals surface area contributed by atoms with Gasteiger partial charge in [0.1, 0.15) is 0 Å². The molecule has 0 aliphatic rings. The van der Waals surface area contributed by atoms with Crippen molar-refractivity contribution >= 4 is 17.2 Å². The van der Waals surface area contributed by atoms with Crippen molar-refractivity contribution in [3.63, 3.8) is 0 Å². The third kappa shape index (κ3) is 1.24. The fourth-order valence-corrected chi connectivity index (χ4v) is 1.07. The van der Waals surface area contributed by atoms with Crippen molar-refractivity contribution < 1.29 is 4.74 Å². The Hall–Kier alpha value is -1.10. The van der Waals surface area contributed by atoms with Gasteiger partial charge >= 0.3 is 0 Å². The Labute approximate surface area is 62.2 Å². The molecule has 0 saturated heterocycles. The molecule has 5 heteroatoms. The Morgan fingerprint density at radius 1 is 1.90 bits per heavy atom. The quantitative estimate of drug-likeness (QED) is 0.483. The third-order valence-corrected chi connectivity index (χ3v) is 1.91. The zero-order valence-electron chi connectivity index (χ0n) is 5.42. The molecular weight excluding hydrogens is 150 g/mol. The molecule has 4 nitrogen and oxygen atoms in total. The highest BCUT2D eigenvalue weighted by atomic mass is 32.1. The molecule has 0 aliphatic heterocycles. The molecule has 0 atom stereocenters. The molecule has 0 unspecified atom stereocenters. The Bertz CT molecular complexity index is 245. The van der Waals surface area contributed by atoms with E-state index in [0.29, 0.717) is 10.1 Å². The molecule has 0 spiro atoms. The number of thiazole rings is 1. The van der Waals surface area contributed by atoms with Gasteiger partial charge in [0, 0.05) is 0 Å². The lowest BCUT2D eigenvalue weighted by molar-refractivity contribution is 0.426. The molecular formula is C5H7N3OS. The Kier molecular flexibility index (Phi) is 1.86. The van der Waals surface area contributed by atoms with Gasteiger partial charge in [-0.25, -0.2) is 4.98 Å². The second-order valence-electron chi connectivity index (χ2n) is 1.60. The maximum Gasteiger partial charge on any atom is 0.194 e. The van der Waals surface area contributed by atoms with Gasteiger partial charge in [-0.05, 0) is 0 Å². The van der Waals surface area contributed by atoms with E-state index < -0.39 is 0 Å². The van der Waals surface area contributed by atoms with Gasteiger partial charge in [0.15, 0.2) is 15.9 Å². The van der Waals surface area contributed by atoms with Crippen LogP contribution in [0, 0.1) is 5.41 Å². The monoisotopic (exact) mass is 157 g/mol. The highest BCUT2D eigenvalue weighted by Crippen LogP contribution is 2.19. The van der Waals surface area contributed by atoms with Crippen LogP contribution >= 0.6 is 11.3 Å². The van der Waals surface area contributed by atoms with Crippen molar-refractivity contribution in [2.75, 3.05) is 7.11 Å². The standard InChI is InChI=1S/C5H7N3OS/c1-9-3-2-8-5(10-3)4(6)7/h2H,1H3,(H3,6,7). The summed E-state index contributed by atoms with van der Waals surface area (Å²) in [6.07, 6.45) is 1.54. The van der Waals surface area contributed by atoms with Crippen LogP contribution in [0.5, 0.6) is 5.06 Å². The molecule has 1 aromatic rings. The molecule has 0 radical (unpaired) electrons. The molecule has 10 heavy (non-hydrogen) atoms. The van der Waals surface area contributed by atoms with Crippen molar-refractivity contribution in [2.24, 2.45) is 5.73 Å². The van der Waals surface area contributed by atoms with Crippen LogP contribution in [0.2, 0.25) is 0 Å². The highest BCUT2D eigenvalue weighted by molar-refractivity contribution is 7.15. The number of hydrogen-bond acceptors (Lipinski definition) is 4. The van der Waals surface area contributed by atoms with E-state index in [1.54, 1.807) is 13.3 Å². The molecule has 0 aliphatic carbocycles. The smallest absolute Gasteiger partial charge is 0.194 e. The molecule has 0 saturated carbocycles. The molecule has 1 rings (SSSR count). The average molecular weight is 157 g/mol. The van der Waals surface area contributed by atoms with Gasteiger partial charge in [-0.1, -0.05) is 11.3 Å². The van der Waals surface area contributed by atoms with E-state index in [2.05, 4.69) is 4.98 Å². The second-order valence-corrected chi connectivity index (χ2v) is 2.60. The number of nitrogen functional groups attached to an aromatic ring is 1. The number of nitrogens with two attached hydrogens (primary N) is 1. The van der Waals surface area contributed by atoms with E-state index in [-0.39, 0.29) is 5.84 Å². The summed E-state index contributed by atoms with van der Waals surface area (Å²) in [6.45, 7) is 0. The number of nitrogens with one attached hydrogen (secondary N) is 1. The number of rotatable bonds is 2. The normalized spacial score (nSPS) is 9.30. The Balaban J connectivity index is 2.88. The first-order valence-corrected chi connectivity index (χ1v) is 3.40. The van der Waals surface area contributed by atoms with E-state index in [4.69, 9.17) is 15.9 Å². The lowest BCUT2D eigenvalue weighted by Crippen LogP contribution is -2.09. The molecule has 0 aromatic carbocycles. The van der Waals surface area contributed by atoms with Crippen LogP contribution in [0.25, 0.3) is 0 Å². The molecule has 3 N–H and O–H groups in total. The lowest BCUT2D eigenvalue weighted by atomic mass is 10.6. The van der Waals surface area contributed by atoms with Crippen molar-refractivity contribution in [3.8, 4) is 5.06 Å². The summed E-state index contributed by atoms with van der Waals surface area (Å²) in [4.78, 5) is 3.83. The van der Waals surface area contributed by atoms with Crippen LogP contribution in [0.15, 0.2) is 6.20 Å². The number of hydrogen-bond donors (Lipinski definition) is 2. The molecule has 54 valence electrons. The number of aromatic nitrogens is 1. The minimum atomic E-state index is -0.0201. The average Bonchev–Trinajstić information content (AvgIpc) is 2.34. The summed E-state index contributed by atoms with van der Waals surface area (Å²) >= 11 is 1.26. The number of amidine groups is 1. The zero-order chi connectivity index (χ0) is 7.56. The fourth-order valence-electron chi connectivity index (χ4n) is 0.478. The minimum absolute atomic E-state index is 0.0201. The first-order valence-electron chi connectivity index (χ1n) is 2.58. The largest absolute Gasteiger partial charge is 0.486 e. The SMILES string of the molecule is COc1cnc(C(=N)N)s1. The van der Waals surface area contributed by atoms with Crippen LogP contribution in [0.3, 0.4) is 0 Å². The highest BCUT2D eigenvalue weighted by Gasteiger charge is 2.02. The minimum Gasteiger partial charge on any atom is -0.486 e. The number of nitrogens with zero attached hydrogens (tertiary/aromatic N) is 1. The first-order chi connectivity index (χ1) is 4.74. The van der Waals surface area contributed by atoms with Gasteiger partial charge < -0.3 is 10.5 Å². The predicted octanol–water partition coefficient (Wildman–Crippen LogP) is 0.436. The van der Waals surface area contributed by atoms with Crippen LogP contribution in [0.1, 0.15) is 5.01 Å². The number of methoxy groups -OCH3 is 1. The summed E-state index contributed by atoms with van der Waals surface area (Å²) < 4.78 is 4.85.